The number of hydrogen-bond donors (Lipinski definition) is 1. The first-order chi connectivity index (χ1) is 13.4. The van der Waals surface area contributed by atoms with Crippen molar-refractivity contribution < 1.29 is 9.53 Å². The fraction of sp³-hybridized carbons (Fsp3) is 0.304. The summed E-state index contributed by atoms with van der Waals surface area (Å²) in [6, 6.07) is 16.2. The van der Waals surface area contributed by atoms with Gasteiger partial charge >= 0.3 is 0 Å². The maximum absolute atomic E-state index is 12.2. The van der Waals surface area contributed by atoms with Crippen molar-refractivity contribution in [3.63, 3.8) is 0 Å². The summed E-state index contributed by atoms with van der Waals surface area (Å²) < 4.78 is 7.66. The highest BCUT2D eigenvalue weighted by Crippen LogP contribution is 2.19. The molecule has 0 saturated heterocycles. The number of carbonyl (C=O) groups is 1. The predicted octanol–water partition coefficient (Wildman–Crippen LogP) is 3.86. The largest absolute Gasteiger partial charge is 0.483 e. The van der Waals surface area contributed by atoms with E-state index in [-0.39, 0.29) is 12.5 Å². The highest BCUT2D eigenvalue weighted by atomic mass is 16.5. The second kappa shape index (κ2) is 8.74. The zero-order chi connectivity index (χ0) is 20.1. The number of rotatable bonds is 7. The molecule has 3 rings (SSSR count). The summed E-state index contributed by atoms with van der Waals surface area (Å²) in [5.41, 5.74) is 6.38. The Balaban J connectivity index is 1.58. The molecule has 1 heterocycles. The third-order valence-corrected chi connectivity index (χ3v) is 4.87. The van der Waals surface area contributed by atoms with E-state index < -0.39 is 0 Å². The fourth-order valence-corrected chi connectivity index (χ4v) is 3.14. The van der Waals surface area contributed by atoms with Gasteiger partial charge < -0.3 is 10.1 Å². The van der Waals surface area contributed by atoms with E-state index in [0.29, 0.717) is 6.54 Å². The van der Waals surface area contributed by atoms with E-state index in [1.54, 1.807) is 0 Å². The summed E-state index contributed by atoms with van der Waals surface area (Å²) >= 11 is 0. The lowest BCUT2D eigenvalue weighted by Gasteiger charge is -2.11. The Morgan fingerprint density at radius 2 is 1.82 bits per heavy atom. The fourth-order valence-electron chi connectivity index (χ4n) is 3.14. The molecule has 28 heavy (non-hydrogen) atoms. The van der Waals surface area contributed by atoms with Crippen LogP contribution in [0.1, 0.15) is 33.6 Å². The Morgan fingerprint density at radius 1 is 1.07 bits per heavy atom. The number of benzene rings is 2. The van der Waals surface area contributed by atoms with Gasteiger partial charge in [0.15, 0.2) is 6.61 Å². The molecule has 5 heteroatoms. The van der Waals surface area contributed by atoms with Gasteiger partial charge in [0.1, 0.15) is 5.75 Å². The minimum Gasteiger partial charge on any atom is -0.483 e. The molecule has 0 aliphatic rings. The normalized spacial score (nSPS) is 10.7. The van der Waals surface area contributed by atoms with E-state index in [0.717, 1.165) is 40.4 Å². The van der Waals surface area contributed by atoms with Crippen molar-refractivity contribution in [1.82, 2.24) is 15.1 Å². The SMILES string of the molecule is Cc1ccc(C)c(OCC(=O)NCc2c(C)nn(Cc3ccccc3)c2C)c1. The summed E-state index contributed by atoms with van der Waals surface area (Å²) in [5, 5.41) is 7.58. The maximum atomic E-state index is 12.2. The van der Waals surface area contributed by atoms with Gasteiger partial charge in [-0.2, -0.15) is 5.10 Å². The maximum Gasteiger partial charge on any atom is 0.258 e. The van der Waals surface area contributed by atoms with Gasteiger partial charge in [-0.15, -0.1) is 0 Å². The smallest absolute Gasteiger partial charge is 0.258 e. The molecule has 0 unspecified atom stereocenters. The van der Waals surface area contributed by atoms with E-state index in [9.17, 15) is 4.79 Å². The molecule has 5 nitrogen and oxygen atoms in total. The second-order valence-corrected chi connectivity index (χ2v) is 7.13. The van der Waals surface area contributed by atoms with Crippen molar-refractivity contribution >= 4 is 5.91 Å². The second-order valence-electron chi connectivity index (χ2n) is 7.13. The molecule has 0 aliphatic heterocycles. The lowest BCUT2D eigenvalue weighted by Crippen LogP contribution is -2.29. The number of carbonyl (C=O) groups excluding carboxylic acids is 1. The van der Waals surface area contributed by atoms with Crippen LogP contribution in [0.3, 0.4) is 0 Å². The number of hydrogen-bond acceptors (Lipinski definition) is 3. The minimum atomic E-state index is -0.143. The molecule has 0 bridgehead atoms. The summed E-state index contributed by atoms with van der Waals surface area (Å²) in [4.78, 5) is 12.2. The minimum absolute atomic E-state index is 0.000537. The molecule has 0 aliphatic carbocycles. The van der Waals surface area contributed by atoms with Crippen LogP contribution in [0.25, 0.3) is 0 Å². The molecule has 0 radical (unpaired) electrons. The van der Waals surface area contributed by atoms with Gasteiger partial charge in [-0.05, 0) is 50.5 Å². The molecule has 0 fully saturated rings. The number of ether oxygens (including phenoxy) is 1. The molecule has 1 amide bonds. The third-order valence-electron chi connectivity index (χ3n) is 4.87. The Morgan fingerprint density at radius 3 is 2.57 bits per heavy atom. The van der Waals surface area contributed by atoms with Crippen LogP contribution in [0.4, 0.5) is 0 Å². The number of nitrogens with zero attached hydrogens (tertiary/aromatic N) is 2. The average Bonchev–Trinajstić information content (AvgIpc) is 2.94. The Hall–Kier alpha value is -3.08. The highest BCUT2D eigenvalue weighted by Gasteiger charge is 2.13. The Labute approximate surface area is 166 Å². The summed E-state index contributed by atoms with van der Waals surface area (Å²) in [6.07, 6.45) is 0. The van der Waals surface area contributed by atoms with Crippen LogP contribution in [-0.4, -0.2) is 22.3 Å². The van der Waals surface area contributed by atoms with Gasteiger partial charge in [0.25, 0.3) is 5.91 Å². The van der Waals surface area contributed by atoms with Gasteiger partial charge in [0, 0.05) is 17.8 Å². The van der Waals surface area contributed by atoms with Crippen LogP contribution in [-0.2, 0) is 17.9 Å². The van der Waals surface area contributed by atoms with Crippen molar-refractivity contribution in [3.05, 3.63) is 82.2 Å². The molecule has 2 aromatic carbocycles. The number of amides is 1. The first-order valence-electron chi connectivity index (χ1n) is 9.47. The first-order valence-corrected chi connectivity index (χ1v) is 9.47. The lowest BCUT2D eigenvalue weighted by atomic mass is 10.1. The molecule has 0 atom stereocenters. The molecule has 146 valence electrons. The van der Waals surface area contributed by atoms with Crippen molar-refractivity contribution in [2.45, 2.75) is 40.8 Å². The van der Waals surface area contributed by atoms with E-state index in [2.05, 4.69) is 22.5 Å². The summed E-state index contributed by atoms with van der Waals surface area (Å²) in [5.74, 6) is 0.605. The van der Waals surface area contributed by atoms with Crippen molar-refractivity contribution in [2.75, 3.05) is 6.61 Å². The molecule has 1 aromatic heterocycles. The van der Waals surface area contributed by atoms with Crippen LogP contribution < -0.4 is 10.1 Å². The van der Waals surface area contributed by atoms with E-state index in [1.807, 2.05) is 68.8 Å². The van der Waals surface area contributed by atoms with Crippen molar-refractivity contribution in [2.24, 2.45) is 0 Å². The predicted molar refractivity (Wildman–Crippen MR) is 111 cm³/mol. The van der Waals surface area contributed by atoms with E-state index in [1.165, 1.54) is 5.56 Å². The molecule has 3 aromatic rings. The Bertz CT molecular complexity index is 961. The standard InChI is InChI=1S/C23H27N3O2/c1-16-10-11-17(2)22(12-16)28-15-23(27)24-13-21-18(3)25-26(19(21)4)14-20-8-6-5-7-9-20/h5-12H,13-15H2,1-4H3,(H,24,27). The van der Waals surface area contributed by atoms with Crippen LogP contribution in [0.15, 0.2) is 48.5 Å². The summed E-state index contributed by atoms with van der Waals surface area (Å²) in [6.45, 7) is 9.16. The number of nitrogens with one attached hydrogen (secondary N) is 1. The number of aromatic nitrogens is 2. The lowest BCUT2D eigenvalue weighted by molar-refractivity contribution is -0.123. The summed E-state index contributed by atoms with van der Waals surface area (Å²) in [7, 11) is 0. The van der Waals surface area contributed by atoms with E-state index >= 15 is 0 Å². The van der Waals surface area contributed by atoms with Gasteiger partial charge in [0.2, 0.25) is 0 Å². The van der Waals surface area contributed by atoms with Crippen LogP contribution in [0.5, 0.6) is 5.75 Å². The van der Waals surface area contributed by atoms with Gasteiger partial charge in [-0.1, -0.05) is 42.5 Å². The molecule has 0 spiro atoms. The topological polar surface area (TPSA) is 56.1 Å². The monoisotopic (exact) mass is 377 g/mol. The van der Waals surface area contributed by atoms with Crippen LogP contribution in [0, 0.1) is 27.7 Å². The van der Waals surface area contributed by atoms with Gasteiger partial charge in [0.05, 0.1) is 12.2 Å². The van der Waals surface area contributed by atoms with Gasteiger partial charge in [-0.25, -0.2) is 0 Å². The van der Waals surface area contributed by atoms with Crippen LogP contribution >= 0.6 is 0 Å². The van der Waals surface area contributed by atoms with Crippen molar-refractivity contribution in [1.29, 1.82) is 0 Å². The molecular weight excluding hydrogens is 350 g/mol. The zero-order valence-corrected chi connectivity index (χ0v) is 17.0. The zero-order valence-electron chi connectivity index (χ0n) is 17.0. The first kappa shape index (κ1) is 19.7. The molecule has 1 N–H and O–H groups in total. The van der Waals surface area contributed by atoms with Crippen LogP contribution in [0.2, 0.25) is 0 Å². The molecular formula is C23H27N3O2. The number of aryl methyl sites for hydroxylation is 3. The van der Waals surface area contributed by atoms with Crippen molar-refractivity contribution in [3.8, 4) is 5.75 Å². The molecule has 0 saturated carbocycles. The Kier molecular flexibility index (Phi) is 6.14. The average molecular weight is 377 g/mol. The van der Waals surface area contributed by atoms with E-state index in [4.69, 9.17) is 4.74 Å². The highest BCUT2D eigenvalue weighted by molar-refractivity contribution is 5.77. The third kappa shape index (κ3) is 4.80. The quantitative estimate of drug-likeness (QED) is 0.680. The van der Waals surface area contributed by atoms with Gasteiger partial charge in [-0.3, -0.25) is 9.48 Å².